The summed E-state index contributed by atoms with van der Waals surface area (Å²) in [5, 5.41) is 3.15. The minimum Gasteiger partial charge on any atom is -0.488 e. The van der Waals surface area contributed by atoms with Crippen molar-refractivity contribution < 1.29 is 9.53 Å². The van der Waals surface area contributed by atoms with E-state index in [0.717, 1.165) is 54.6 Å². The molecule has 2 aromatic rings. The Morgan fingerprint density at radius 1 is 1.28 bits per heavy atom. The molecule has 1 saturated carbocycles. The van der Waals surface area contributed by atoms with Crippen LogP contribution < -0.4 is 15.0 Å². The molecule has 1 amide bonds. The van der Waals surface area contributed by atoms with Gasteiger partial charge >= 0.3 is 0 Å². The minimum atomic E-state index is 0.0262. The summed E-state index contributed by atoms with van der Waals surface area (Å²) in [6.45, 7) is 7.38. The lowest BCUT2D eigenvalue weighted by Crippen LogP contribution is -2.61. The number of rotatable bonds is 6. The Morgan fingerprint density at radius 3 is 2.79 bits per heavy atom. The number of para-hydroxylation sites is 1. The maximum Gasteiger partial charge on any atom is 0.223 e. The zero-order valence-corrected chi connectivity index (χ0v) is 17.1. The molecule has 2 heterocycles. The van der Waals surface area contributed by atoms with Crippen molar-refractivity contribution in [2.24, 2.45) is 10.9 Å². The summed E-state index contributed by atoms with van der Waals surface area (Å²) in [7, 11) is 0. The van der Waals surface area contributed by atoms with Gasteiger partial charge in [-0.05, 0) is 51.3 Å². The summed E-state index contributed by atoms with van der Waals surface area (Å²) in [6.07, 6.45) is 5.11. The number of aliphatic imine (C=N–C) groups is 1. The number of nitrogens with zero attached hydrogens (tertiary/aromatic N) is 4. The Balaban J connectivity index is 1.23. The number of aryl methyl sites for hydroxylation is 2. The average molecular weight is 393 g/mol. The monoisotopic (exact) mass is 393 g/mol. The molecule has 2 aliphatic rings. The van der Waals surface area contributed by atoms with Crippen molar-refractivity contribution in [3.05, 3.63) is 41.9 Å². The molecular formula is C22H27N5O2. The van der Waals surface area contributed by atoms with Gasteiger partial charge in [-0.25, -0.2) is 9.97 Å². The van der Waals surface area contributed by atoms with Crippen molar-refractivity contribution in [2.45, 2.75) is 45.8 Å². The van der Waals surface area contributed by atoms with Crippen LogP contribution >= 0.6 is 0 Å². The van der Waals surface area contributed by atoms with E-state index in [1.165, 1.54) is 0 Å². The van der Waals surface area contributed by atoms with E-state index in [1.807, 2.05) is 45.0 Å². The number of carbonyl (C=O) groups excluding carboxylic acids is 1. The van der Waals surface area contributed by atoms with E-state index in [2.05, 4.69) is 25.2 Å². The molecule has 0 bridgehead atoms. The van der Waals surface area contributed by atoms with Gasteiger partial charge in [0.25, 0.3) is 0 Å². The summed E-state index contributed by atoms with van der Waals surface area (Å²) in [5.41, 5.74) is 1.96. The Bertz CT molecular complexity index is 917. The highest BCUT2D eigenvalue weighted by Crippen LogP contribution is 2.37. The Kier molecular flexibility index (Phi) is 5.47. The van der Waals surface area contributed by atoms with Crippen LogP contribution in [0.1, 0.15) is 31.2 Å². The lowest BCUT2D eigenvalue weighted by atomic mass is 9.81. The molecule has 1 saturated heterocycles. The summed E-state index contributed by atoms with van der Waals surface area (Å²) in [5.74, 6) is 2.63. The first-order valence-electron chi connectivity index (χ1n) is 10.1. The van der Waals surface area contributed by atoms with E-state index >= 15 is 0 Å². The molecule has 0 unspecified atom stereocenters. The molecule has 1 aliphatic heterocycles. The van der Waals surface area contributed by atoms with Crippen molar-refractivity contribution >= 4 is 23.6 Å². The van der Waals surface area contributed by atoms with Gasteiger partial charge in [-0.3, -0.25) is 9.79 Å². The van der Waals surface area contributed by atoms with Crippen LogP contribution in [0.5, 0.6) is 5.75 Å². The number of hydrogen-bond donors (Lipinski definition) is 1. The van der Waals surface area contributed by atoms with Crippen LogP contribution in [0.2, 0.25) is 0 Å². The molecule has 1 N–H and O–H groups in total. The fraction of sp³-hybridized carbons (Fsp3) is 0.455. The first-order chi connectivity index (χ1) is 14.0. The van der Waals surface area contributed by atoms with E-state index in [4.69, 9.17) is 4.74 Å². The molecular weight excluding hydrogens is 366 g/mol. The predicted molar refractivity (Wildman–Crippen MR) is 113 cm³/mol. The number of amides is 1. The first-order valence-corrected chi connectivity index (χ1v) is 10.1. The van der Waals surface area contributed by atoms with Crippen molar-refractivity contribution in [3.63, 3.8) is 0 Å². The Morgan fingerprint density at radius 2 is 2.07 bits per heavy atom. The molecule has 7 nitrogen and oxygen atoms in total. The fourth-order valence-corrected chi connectivity index (χ4v) is 3.77. The molecule has 2 fully saturated rings. The number of benzene rings is 1. The largest absolute Gasteiger partial charge is 0.488 e. The minimum absolute atomic E-state index is 0.0262. The fourth-order valence-electron chi connectivity index (χ4n) is 3.77. The second-order valence-electron chi connectivity index (χ2n) is 7.79. The average Bonchev–Trinajstić information content (AvgIpc) is 2.62. The smallest absolute Gasteiger partial charge is 0.223 e. The highest BCUT2D eigenvalue weighted by atomic mass is 16.5. The molecule has 0 radical (unpaired) electrons. The maximum atomic E-state index is 12.5. The van der Waals surface area contributed by atoms with Gasteiger partial charge in [0.2, 0.25) is 5.91 Å². The molecule has 29 heavy (non-hydrogen) atoms. The van der Waals surface area contributed by atoms with Gasteiger partial charge in [-0.1, -0.05) is 12.1 Å². The quantitative estimate of drug-likeness (QED) is 0.763. The Labute approximate surface area is 171 Å². The topological polar surface area (TPSA) is 79.7 Å². The van der Waals surface area contributed by atoms with Crippen LogP contribution in [-0.2, 0) is 4.79 Å². The molecule has 1 aromatic carbocycles. The summed E-state index contributed by atoms with van der Waals surface area (Å²) in [6, 6.07) is 8.03. The molecule has 152 valence electrons. The van der Waals surface area contributed by atoms with Crippen molar-refractivity contribution in [2.75, 3.05) is 18.0 Å². The van der Waals surface area contributed by atoms with Gasteiger partial charge in [0, 0.05) is 31.4 Å². The predicted octanol–water partition coefficient (Wildman–Crippen LogP) is 2.98. The number of nitrogens with one attached hydrogen (secondary N) is 1. The summed E-state index contributed by atoms with van der Waals surface area (Å²) in [4.78, 5) is 27.6. The van der Waals surface area contributed by atoms with E-state index in [9.17, 15) is 4.79 Å². The van der Waals surface area contributed by atoms with E-state index in [1.54, 1.807) is 12.4 Å². The lowest BCUT2D eigenvalue weighted by Gasteiger charge is -2.42. The molecule has 0 spiro atoms. The summed E-state index contributed by atoms with van der Waals surface area (Å²) < 4.78 is 6.11. The van der Waals surface area contributed by atoms with E-state index in [-0.39, 0.29) is 24.0 Å². The number of carbonyl (C=O) groups is 1. The number of anilines is 1. The van der Waals surface area contributed by atoms with Gasteiger partial charge in [-0.2, -0.15) is 0 Å². The van der Waals surface area contributed by atoms with Crippen LogP contribution in [0, 0.1) is 19.8 Å². The Hall–Kier alpha value is -2.96. The first kappa shape index (κ1) is 19.4. The van der Waals surface area contributed by atoms with Crippen molar-refractivity contribution in [3.8, 4) is 5.75 Å². The van der Waals surface area contributed by atoms with Crippen LogP contribution in [0.15, 0.2) is 35.5 Å². The highest BCUT2D eigenvalue weighted by molar-refractivity contribution is 5.80. The summed E-state index contributed by atoms with van der Waals surface area (Å²) >= 11 is 0. The third-order valence-electron chi connectivity index (χ3n) is 5.53. The van der Waals surface area contributed by atoms with E-state index in [0.29, 0.717) is 0 Å². The van der Waals surface area contributed by atoms with Crippen molar-refractivity contribution in [1.82, 2.24) is 15.3 Å². The maximum absolute atomic E-state index is 12.5. The standard InChI is InChI=1S/C22H27N5O2/c1-4-23-21-14(2)6-5-7-19(21)29-18-10-16(11-18)22(28)26-17-12-27(13-17)20-8-9-24-15(3)25-20/h4-9,16-18H,10-13H2,1-3H3,(H,26,28)/b23-4-. The molecule has 1 aromatic heterocycles. The van der Waals surface area contributed by atoms with Crippen LogP contribution in [0.25, 0.3) is 0 Å². The van der Waals surface area contributed by atoms with Gasteiger partial charge in [-0.15, -0.1) is 0 Å². The van der Waals surface area contributed by atoms with Gasteiger partial charge in [0.05, 0.1) is 6.04 Å². The van der Waals surface area contributed by atoms with Gasteiger partial charge < -0.3 is 15.0 Å². The normalized spacial score (nSPS) is 21.6. The molecule has 0 atom stereocenters. The lowest BCUT2D eigenvalue weighted by molar-refractivity contribution is -0.131. The van der Waals surface area contributed by atoms with Gasteiger partial charge in [0.1, 0.15) is 29.2 Å². The zero-order chi connectivity index (χ0) is 20.4. The zero-order valence-electron chi connectivity index (χ0n) is 17.1. The second-order valence-corrected chi connectivity index (χ2v) is 7.79. The van der Waals surface area contributed by atoms with Crippen LogP contribution in [0.3, 0.4) is 0 Å². The van der Waals surface area contributed by atoms with E-state index < -0.39 is 0 Å². The van der Waals surface area contributed by atoms with Crippen LogP contribution in [0.4, 0.5) is 11.5 Å². The van der Waals surface area contributed by atoms with Gasteiger partial charge in [0.15, 0.2) is 0 Å². The highest BCUT2D eigenvalue weighted by Gasteiger charge is 2.39. The second kappa shape index (κ2) is 8.19. The SMILES string of the molecule is C/C=N\c1c(C)cccc1OC1CC(C(=O)NC2CN(c3ccnc(C)n3)C2)C1. The molecule has 4 rings (SSSR count). The molecule has 7 heteroatoms. The van der Waals surface area contributed by atoms with Crippen LogP contribution in [-0.4, -0.2) is 47.3 Å². The third-order valence-corrected chi connectivity index (χ3v) is 5.53. The van der Waals surface area contributed by atoms with Crippen molar-refractivity contribution in [1.29, 1.82) is 0 Å². The number of aromatic nitrogens is 2. The molecule has 1 aliphatic carbocycles. The third kappa shape index (κ3) is 4.23. The number of ether oxygens (including phenoxy) is 1. The number of hydrogen-bond acceptors (Lipinski definition) is 6.